The molecule has 0 aromatic carbocycles. The molecule has 0 radical (unpaired) electrons. The molecular formula is C6H11N3O3S. The maximum atomic E-state index is 10.7. The third kappa shape index (κ3) is 2.51. The van der Waals surface area contributed by atoms with E-state index >= 15 is 0 Å². The van der Waals surface area contributed by atoms with Gasteiger partial charge in [0.2, 0.25) is 0 Å². The fourth-order valence-corrected chi connectivity index (χ4v) is 1.60. The summed E-state index contributed by atoms with van der Waals surface area (Å²) in [5, 5.41) is -0.332. The molecular weight excluding hydrogens is 194 g/mol. The summed E-state index contributed by atoms with van der Waals surface area (Å²) in [6.45, 7) is 0.898. The number of hydrogen-bond acceptors (Lipinski definition) is 4. The summed E-state index contributed by atoms with van der Waals surface area (Å²) < 4.78 is 31.5. The quantitative estimate of drug-likeness (QED) is 0.644. The van der Waals surface area contributed by atoms with Gasteiger partial charge in [-0.2, -0.15) is 8.42 Å². The monoisotopic (exact) mass is 205 g/mol. The van der Waals surface area contributed by atoms with Gasteiger partial charge in [-0.05, 0) is 13.0 Å². The first-order valence-corrected chi connectivity index (χ1v) is 5.18. The van der Waals surface area contributed by atoms with Crippen molar-refractivity contribution in [1.82, 2.24) is 9.55 Å². The summed E-state index contributed by atoms with van der Waals surface area (Å²) in [4.78, 5) is 3.52. The maximum absolute atomic E-state index is 10.7. The van der Waals surface area contributed by atoms with E-state index < -0.39 is 10.1 Å². The second kappa shape index (κ2) is 3.86. The molecule has 0 atom stereocenters. The molecule has 0 bridgehead atoms. The van der Waals surface area contributed by atoms with Crippen molar-refractivity contribution in [2.75, 3.05) is 6.54 Å². The Labute approximate surface area is 76.1 Å². The third-order valence-corrected chi connectivity index (χ3v) is 2.31. The molecule has 13 heavy (non-hydrogen) atoms. The molecule has 0 amide bonds. The number of rotatable bonds is 4. The van der Waals surface area contributed by atoms with Crippen molar-refractivity contribution >= 4 is 10.1 Å². The highest BCUT2D eigenvalue weighted by atomic mass is 32.2. The van der Waals surface area contributed by atoms with E-state index in [1.54, 1.807) is 0 Å². The number of aryl methyl sites for hydroxylation is 1. The molecule has 1 aromatic heterocycles. The van der Waals surface area contributed by atoms with Crippen molar-refractivity contribution in [2.24, 2.45) is 5.73 Å². The molecule has 0 fully saturated rings. The largest absolute Gasteiger partial charge is 0.330 e. The first-order chi connectivity index (χ1) is 6.05. The molecule has 6 nitrogen and oxygen atoms in total. The molecule has 1 heterocycles. The summed E-state index contributed by atoms with van der Waals surface area (Å²) in [5.41, 5.74) is 5.26. The lowest BCUT2D eigenvalue weighted by Crippen LogP contribution is -2.11. The van der Waals surface area contributed by atoms with E-state index in [1.807, 2.05) is 0 Å². The van der Waals surface area contributed by atoms with Crippen LogP contribution < -0.4 is 5.73 Å². The number of nitrogens with zero attached hydrogens (tertiary/aromatic N) is 2. The Hall–Kier alpha value is -0.920. The van der Waals surface area contributed by atoms with Gasteiger partial charge in [-0.25, -0.2) is 4.98 Å². The third-order valence-electron chi connectivity index (χ3n) is 1.51. The molecule has 0 aliphatic carbocycles. The van der Waals surface area contributed by atoms with Crippen LogP contribution in [0.5, 0.6) is 0 Å². The van der Waals surface area contributed by atoms with Crippen molar-refractivity contribution in [3.05, 3.63) is 12.4 Å². The second-order valence-electron chi connectivity index (χ2n) is 2.52. The van der Waals surface area contributed by atoms with Crippen LogP contribution in [-0.4, -0.2) is 29.1 Å². The topological polar surface area (TPSA) is 98.2 Å². The van der Waals surface area contributed by atoms with Gasteiger partial charge in [-0.3, -0.25) is 4.55 Å². The summed E-state index contributed by atoms with van der Waals surface area (Å²) in [7, 11) is -4.21. The summed E-state index contributed by atoms with van der Waals surface area (Å²) in [6, 6.07) is 0. The van der Waals surface area contributed by atoms with Crippen LogP contribution in [0.1, 0.15) is 6.42 Å². The highest BCUT2D eigenvalue weighted by Gasteiger charge is 2.15. The molecule has 0 aliphatic rings. The zero-order valence-electron chi connectivity index (χ0n) is 6.92. The number of aromatic nitrogens is 2. The van der Waals surface area contributed by atoms with Crippen LogP contribution in [0.15, 0.2) is 17.6 Å². The van der Waals surface area contributed by atoms with E-state index in [4.69, 9.17) is 10.3 Å². The number of imidazole rings is 1. The fourth-order valence-electron chi connectivity index (χ4n) is 0.962. The second-order valence-corrected chi connectivity index (χ2v) is 3.84. The minimum Gasteiger partial charge on any atom is -0.330 e. The molecule has 0 spiro atoms. The van der Waals surface area contributed by atoms with Crippen LogP contribution in [0.2, 0.25) is 0 Å². The van der Waals surface area contributed by atoms with Crippen molar-refractivity contribution in [3.8, 4) is 0 Å². The zero-order valence-corrected chi connectivity index (χ0v) is 7.74. The van der Waals surface area contributed by atoms with Crippen LogP contribution in [0.25, 0.3) is 0 Å². The van der Waals surface area contributed by atoms with Crippen LogP contribution in [-0.2, 0) is 16.7 Å². The van der Waals surface area contributed by atoms with Crippen molar-refractivity contribution in [3.63, 3.8) is 0 Å². The normalized spacial score (nSPS) is 11.8. The standard InChI is InChI=1S/C6H11N3O3S/c7-2-1-4-9-5-3-8-6(9)13(10,11)12/h3,5H,1-2,4,7H2,(H,10,11,12). The van der Waals surface area contributed by atoms with Gasteiger partial charge in [-0.15, -0.1) is 0 Å². The first-order valence-electron chi connectivity index (χ1n) is 3.74. The average molecular weight is 205 g/mol. The summed E-state index contributed by atoms with van der Waals surface area (Å²) >= 11 is 0. The van der Waals surface area contributed by atoms with E-state index in [0.717, 1.165) is 0 Å². The predicted octanol–water partition coefficient (Wildman–Crippen LogP) is -0.521. The van der Waals surface area contributed by atoms with Gasteiger partial charge in [0.25, 0.3) is 5.16 Å². The molecule has 0 saturated carbocycles. The Balaban J connectivity index is 2.90. The molecule has 74 valence electrons. The lowest BCUT2D eigenvalue weighted by Gasteiger charge is -2.03. The van der Waals surface area contributed by atoms with E-state index in [9.17, 15) is 8.42 Å². The molecule has 1 rings (SSSR count). The SMILES string of the molecule is NCCCn1ccnc1S(=O)(=O)O. The van der Waals surface area contributed by atoms with Gasteiger partial charge in [0.15, 0.2) is 0 Å². The van der Waals surface area contributed by atoms with Crippen molar-refractivity contribution in [1.29, 1.82) is 0 Å². The van der Waals surface area contributed by atoms with E-state index in [2.05, 4.69) is 4.98 Å². The summed E-state index contributed by atoms with van der Waals surface area (Å²) in [6.07, 6.45) is 3.44. The smallest absolute Gasteiger partial charge is 0.328 e. The van der Waals surface area contributed by atoms with E-state index in [1.165, 1.54) is 17.0 Å². The molecule has 0 saturated heterocycles. The van der Waals surface area contributed by atoms with Crippen molar-refractivity contribution in [2.45, 2.75) is 18.1 Å². The van der Waals surface area contributed by atoms with Gasteiger partial charge >= 0.3 is 10.1 Å². The highest BCUT2D eigenvalue weighted by Crippen LogP contribution is 2.05. The fraction of sp³-hybridized carbons (Fsp3) is 0.500. The van der Waals surface area contributed by atoms with Gasteiger partial charge in [-0.1, -0.05) is 0 Å². The van der Waals surface area contributed by atoms with E-state index in [0.29, 0.717) is 19.5 Å². The Morgan fingerprint density at radius 2 is 2.31 bits per heavy atom. The predicted molar refractivity (Wildman–Crippen MR) is 45.7 cm³/mol. The minimum absolute atomic E-state index is 0.332. The van der Waals surface area contributed by atoms with Gasteiger partial charge in [0, 0.05) is 18.9 Å². The Bertz CT molecular complexity index is 370. The Morgan fingerprint density at radius 3 is 2.85 bits per heavy atom. The minimum atomic E-state index is -4.21. The summed E-state index contributed by atoms with van der Waals surface area (Å²) in [5.74, 6) is 0. The van der Waals surface area contributed by atoms with Gasteiger partial charge in [0.05, 0.1) is 0 Å². The highest BCUT2D eigenvalue weighted by molar-refractivity contribution is 7.85. The van der Waals surface area contributed by atoms with Crippen LogP contribution >= 0.6 is 0 Å². The van der Waals surface area contributed by atoms with Crippen LogP contribution in [0.3, 0.4) is 0 Å². The average Bonchev–Trinajstić information content (AvgIpc) is 2.47. The zero-order chi connectivity index (χ0) is 9.90. The number of nitrogens with two attached hydrogens (primary N) is 1. The number of hydrogen-bond donors (Lipinski definition) is 2. The Kier molecular flexibility index (Phi) is 3.02. The van der Waals surface area contributed by atoms with Gasteiger partial charge in [0.1, 0.15) is 0 Å². The van der Waals surface area contributed by atoms with Crippen LogP contribution in [0.4, 0.5) is 0 Å². The van der Waals surface area contributed by atoms with Gasteiger partial charge < -0.3 is 10.3 Å². The lowest BCUT2D eigenvalue weighted by atomic mass is 10.4. The molecule has 1 aromatic rings. The Morgan fingerprint density at radius 1 is 1.62 bits per heavy atom. The molecule has 7 heteroatoms. The molecule has 0 aliphatic heterocycles. The molecule has 3 N–H and O–H groups in total. The van der Waals surface area contributed by atoms with Crippen molar-refractivity contribution < 1.29 is 13.0 Å². The van der Waals surface area contributed by atoms with E-state index in [-0.39, 0.29) is 5.16 Å². The lowest BCUT2D eigenvalue weighted by molar-refractivity contribution is 0.460. The maximum Gasteiger partial charge on any atom is 0.328 e. The van der Waals surface area contributed by atoms with Crippen LogP contribution in [0, 0.1) is 0 Å². The molecule has 0 unspecified atom stereocenters. The first kappa shape index (κ1) is 10.2.